The average molecular weight is 305 g/mol. The third-order valence-electron chi connectivity index (χ3n) is 2.96. The maximum absolute atomic E-state index is 12.1. The zero-order chi connectivity index (χ0) is 15.9. The van der Waals surface area contributed by atoms with E-state index in [9.17, 15) is 8.42 Å². The lowest BCUT2D eigenvalue weighted by Gasteiger charge is -2.14. The quantitative estimate of drug-likeness (QED) is 0.808. The molecule has 0 radical (unpaired) electrons. The molecule has 0 aliphatic heterocycles. The van der Waals surface area contributed by atoms with Gasteiger partial charge in [0.1, 0.15) is 0 Å². The van der Waals surface area contributed by atoms with Crippen molar-refractivity contribution in [3.05, 3.63) is 29.3 Å². The first-order valence-corrected chi connectivity index (χ1v) is 8.26. The van der Waals surface area contributed by atoms with Crippen molar-refractivity contribution in [2.75, 3.05) is 11.3 Å². The van der Waals surface area contributed by atoms with E-state index in [2.05, 4.69) is 16.6 Å². The summed E-state index contributed by atoms with van der Waals surface area (Å²) in [7, 11) is -3.71. The minimum absolute atomic E-state index is 0.243. The fourth-order valence-electron chi connectivity index (χ4n) is 1.82. The molecule has 0 aromatic heterocycles. The van der Waals surface area contributed by atoms with Crippen molar-refractivity contribution in [3.8, 4) is 17.9 Å². The summed E-state index contributed by atoms with van der Waals surface area (Å²) in [5.41, 5.74) is 7.43. The average Bonchev–Trinajstić information content (AvgIpc) is 2.46. The smallest absolute Gasteiger partial charge is 0.249 e. The molecule has 21 heavy (non-hydrogen) atoms. The van der Waals surface area contributed by atoms with E-state index in [0.29, 0.717) is 12.1 Å². The summed E-state index contributed by atoms with van der Waals surface area (Å²) in [6.45, 7) is 3.87. The highest BCUT2D eigenvalue weighted by Crippen LogP contribution is 2.21. The Balaban J connectivity index is 3.12. The first-order valence-electron chi connectivity index (χ1n) is 6.71. The molecule has 3 N–H and O–H groups in total. The number of rotatable bonds is 5. The van der Waals surface area contributed by atoms with Gasteiger partial charge in [-0.1, -0.05) is 25.7 Å². The Labute approximate surface area is 126 Å². The van der Waals surface area contributed by atoms with Gasteiger partial charge < -0.3 is 5.73 Å². The normalized spacial score (nSPS) is 11.9. The Morgan fingerprint density at radius 3 is 2.62 bits per heavy atom. The van der Waals surface area contributed by atoms with Crippen molar-refractivity contribution in [1.82, 2.24) is 0 Å². The molecule has 0 fully saturated rings. The molecule has 1 atom stereocenters. The zero-order valence-corrected chi connectivity index (χ0v) is 13.0. The van der Waals surface area contributed by atoms with E-state index in [1.165, 1.54) is 0 Å². The molecule has 112 valence electrons. The van der Waals surface area contributed by atoms with Gasteiger partial charge in [-0.2, -0.15) is 5.26 Å². The van der Waals surface area contributed by atoms with E-state index in [1.807, 2.05) is 13.0 Å². The number of benzene rings is 1. The molecule has 1 aromatic carbocycles. The summed E-state index contributed by atoms with van der Waals surface area (Å²) in [6.07, 6.45) is 0.896. The van der Waals surface area contributed by atoms with Crippen LogP contribution in [0.1, 0.15) is 31.4 Å². The predicted octanol–water partition coefficient (Wildman–Crippen LogP) is 1.60. The fourth-order valence-corrected chi connectivity index (χ4v) is 3.05. The molecule has 0 bridgehead atoms. The molecule has 0 aliphatic carbocycles. The summed E-state index contributed by atoms with van der Waals surface area (Å²) in [4.78, 5) is 0. The minimum Gasteiger partial charge on any atom is -0.320 e. The van der Waals surface area contributed by atoms with Crippen LogP contribution in [0.3, 0.4) is 0 Å². The lowest BCUT2D eigenvalue weighted by Crippen LogP contribution is -2.26. The van der Waals surface area contributed by atoms with E-state index in [4.69, 9.17) is 11.0 Å². The topological polar surface area (TPSA) is 96.0 Å². The predicted molar refractivity (Wildman–Crippen MR) is 84.0 cm³/mol. The lowest BCUT2D eigenvalue weighted by atomic mass is 10.1. The second-order valence-corrected chi connectivity index (χ2v) is 6.27. The van der Waals surface area contributed by atoms with Crippen molar-refractivity contribution in [2.24, 2.45) is 5.73 Å². The van der Waals surface area contributed by atoms with Crippen LogP contribution >= 0.6 is 0 Å². The third kappa shape index (κ3) is 4.49. The van der Waals surface area contributed by atoms with Crippen LogP contribution in [0.25, 0.3) is 0 Å². The number of nitriles is 1. The molecular weight excluding hydrogens is 286 g/mol. The molecule has 1 aromatic rings. The first-order chi connectivity index (χ1) is 9.98. The molecule has 0 spiro atoms. The molecule has 0 saturated carbocycles. The van der Waals surface area contributed by atoms with Crippen LogP contribution in [0.2, 0.25) is 0 Å². The van der Waals surface area contributed by atoms with Crippen LogP contribution in [-0.2, 0) is 16.4 Å². The van der Waals surface area contributed by atoms with E-state index in [1.54, 1.807) is 25.1 Å². The maximum Gasteiger partial charge on any atom is 0.249 e. The molecule has 1 rings (SSSR count). The molecule has 5 nitrogen and oxygen atoms in total. The number of nitrogens with two attached hydrogens (primary N) is 1. The van der Waals surface area contributed by atoms with Crippen LogP contribution in [0.5, 0.6) is 0 Å². The van der Waals surface area contributed by atoms with Crippen molar-refractivity contribution in [3.63, 3.8) is 0 Å². The van der Waals surface area contributed by atoms with Gasteiger partial charge in [0.05, 0.1) is 18.3 Å². The van der Waals surface area contributed by atoms with Crippen molar-refractivity contribution < 1.29 is 8.42 Å². The number of hydrogen-bond acceptors (Lipinski definition) is 4. The largest absolute Gasteiger partial charge is 0.320 e. The van der Waals surface area contributed by atoms with Gasteiger partial charge in [0.25, 0.3) is 0 Å². The van der Waals surface area contributed by atoms with Crippen LogP contribution < -0.4 is 10.5 Å². The van der Waals surface area contributed by atoms with Gasteiger partial charge in [-0.3, -0.25) is 4.72 Å². The highest BCUT2D eigenvalue weighted by atomic mass is 32.2. The van der Waals surface area contributed by atoms with Gasteiger partial charge in [-0.15, -0.1) is 0 Å². The molecule has 0 heterocycles. The van der Waals surface area contributed by atoms with Crippen molar-refractivity contribution >= 4 is 15.7 Å². The number of nitrogens with one attached hydrogen (secondary N) is 1. The maximum atomic E-state index is 12.1. The Morgan fingerprint density at radius 1 is 1.38 bits per heavy atom. The van der Waals surface area contributed by atoms with E-state index >= 15 is 0 Å². The Kier molecular flexibility index (Phi) is 6.23. The van der Waals surface area contributed by atoms with Crippen LogP contribution in [0.4, 0.5) is 5.69 Å². The first kappa shape index (κ1) is 17.0. The van der Waals surface area contributed by atoms with Crippen LogP contribution in [0.15, 0.2) is 18.2 Å². The summed E-state index contributed by atoms with van der Waals surface area (Å²) >= 11 is 0. The molecular formula is C15H19N3O2S. The summed E-state index contributed by atoms with van der Waals surface area (Å²) < 4.78 is 26.7. The number of aryl methyl sites for hydroxylation is 1. The van der Waals surface area contributed by atoms with Gasteiger partial charge in [0.15, 0.2) is 5.25 Å². The highest BCUT2D eigenvalue weighted by molar-refractivity contribution is 7.93. The molecule has 0 aliphatic rings. The summed E-state index contributed by atoms with van der Waals surface area (Å²) in [6, 6.07) is 7.03. The zero-order valence-electron chi connectivity index (χ0n) is 12.2. The number of anilines is 1. The Morgan fingerprint density at radius 2 is 2.10 bits per heavy atom. The van der Waals surface area contributed by atoms with Crippen LogP contribution in [0, 0.1) is 23.2 Å². The van der Waals surface area contributed by atoms with E-state index in [-0.39, 0.29) is 13.0 Å². The standard InChI is InChI=1S/C15H19N3O2S/c1-3-13-10-12(6-5-9-16)7-8-15(13)18-21(19,20)14(4-2)11-17/h7-8,10,14,18H,3-4,9,16H2,1-2H3. The summed E-state index contributed by atoms with van der Waals surface area (Å²) in [5.74, 6) is 5.67. The van der Waals surface area contributed by atoms with Crippen molar-refractivity contribution in [2.45, 2.75) is 31.9 Å². The van der Waals surface area contributed by atoms with Gasteiger partial charge in [-0.25, -0.2) is 8.42 Å². The van der Waals surface area contributed by atoms with E-state index < -0.39 is 15.3 Å². The minimum atomic E-state index is -3.71. The number of hydrogen-bond donors (Lipinski definition) is 2. The van der Waals surface area contributed by atoms with Gasteiger partial charge >= 0.3 is 0 Å². The molecule has 1 unspecified atom stereocenters. The number of sulfonamides is 1. The number of nitrogens with zero attached hydrogens (tertiary/aromatic N) is 1. The second-order valence-electron chi connectivity index (χ2n) is 4.40. The van der Waals surface area contributed by atoms with Gasteiger partial charge in [0, 0.05) is 5.56 Å². The van der Waals surface area contributed by atoms with Crippen LogP contribution in [-0.4, -0.2) is 20.2 Å². The fraction of sp³-hybridized carbons (Fsp3) is 0.400. The van der Waals surface area contributed by atoms with E-state index in [0.717, 1.165) is 11.1 Å². The summed E-state index contributed by atoms with van der Waals surface area (Å²) in [5, 5.41) is 7.85. The SMILES string of the molecule is CCc1cc(C#CCN)ccc1NS(=O)(=O)C(C#N)CC. The Bertz CT molecular complexity index is 694. The molecule has 0 saturated heterocycles. The van der Waals surface area contributed by atoms with Gasteiger partial charge in [-0.05, 0) is 36.6 Å². The molecule has 0 amide bonds. The molecule has 6 heteroatoms. The monoisotopic (exact) mass is 305 g/mol. The van der Waals surface area contributed by atoms with Gasteiger partial charge in [0.2, 0.25) is 10.0 Å². The lowest BCUT2D eigenvalue weighted by molar-refractivity contribution is 0.592. The Hall–Kier alpha value is -2.02. The third-order valence-corrected chi connectivity index (χ3v) is 4.65. The second kappa shape index (κ2) is 7.68. The van der Waals surface area contributed by atoms with Crippen molar-refractivity contribution in [1.29, 1.82) is 5.26 Å². The highest BCUT2D eigenvalue weighted by Gasteiger charge is 2.24.